The van der Waals surface area contributed by atoms with Gasteiger partial charge in [0.1, 0.15) is 17.8 Å². The van der Waals surface area contributed by atoms with E-state index in [0.29, 0.717) is 0 Å². The zero-order valence-corrected chi connectivity index (χ0v) is 14.9. The number of alkyl carbamates (subject to hydrolysis) is 1. The number of amides is 1. The topological polar surface area (TPSA) is 148 Å². The van der Waals surface area contributed by atoms with Gasteiger partial charge in [-0.2, -0.15) is 0 Å². The predicted molar refractivity (Wildman–Crippen MR) is 89.6 cm³/mol. The Morgan fingerprint density at radius 3 is 2.42 bits per heavy atom. The first kappa shape index (κ1) is 21.3. The SMILES string of the molecule is COC(=O)c1cc([N+](=O)[O-])ccc1C(O)C(O)CNC(=O)OC(C)(C)C. The van der Waals surface area contributed by atoms with Crippen LogP contribution in [0.4, 0.5) is 10.5 Å². The molecule has 10 heteroatoms. The fraction of sp³-hybridized carbons (Fsp3) is 0.500. The maximum absolute atomic E-state index is 11.8. The number of hydrogen-bond donors (Lipinski definition) is 3. The number of nitrogens with one attached hydrogen (secondary N) is 1. The summed E-state index contributed by atoms with van der Waals surface area (Å²) in [4.78, 5) is 33.6. The first-order valence-corrected chi connectivity index (χ1v) is 7.66. The van der Waals surface area contributed by atoms with Gasteiger partial charge in [0, 0.05) is 18.7 Å². The Morgan fingerprint density at radius 2 is 1.92 bits per heavy atom. The molecule has 1 amide bonds. The van der Waals surface area contributed by atoms with Crippen molar-refractivity contribution in [2.45, 2.75) is 38.6 Å². The van der Waals surface area contributed by atoms with Gasteiger partial charge in [0.2, 0.25) is 0 Å². The Balaban J connectivity index is 2.94. The molecular weight excluding hydrogens is 348 g/mol. The molecule has 0 heterocycles. The summed E-state index contributed by atoms with van der Waals surface area (Å²) in [6.45, 7) is 4.62. The summed E-state index contributed by atoms with van der Waals surface area (Å²) in [5.74, 6) is -0.907. The van der Waals surface area contributed by atoms with E-state index in [4.69, 9.17) is 4.74 Å². The number of carbonyl (C=O) groups excluding carboxylic acids is 2. The molecule has 1 aromatic carbocycles. The second kappa shape index (κ2) is 8.59. The van der Waals surface area contributed by atoms with Crippen molar-refractivity contribution in [1.29, 1.82) is 0 Å². The Labute approximate surface area is 149 Å². The number of non-ortho nitro benzene ring substituents is 1. The molecule has 0 saturated heterocycles. The van der Waals surface area contributed by atoms with Gasteiger partial charge in [0.05, 0.1) is 17.6 Å². The zero-order valence-electron chi connectivity index (χ0n) is 14.9. The van der Waals surface area contributed by atoms with Gasteiger partial charge >= 0.3 is 12.1 Å². The van der Waals surface area contributed by atoms with Gasteiger partial charge in [-0.1, -0.05) is 0 Å². The molecule has 0 aliphatic carbocycles. The van der Waals surface area contributed by atoms with Crippen molar-refractivity contribution in [2.75, 3.05) is 13.7 Å². The van der Waals surface area contributed by atoms with E-state index in [-0.39, 0.29) is 23.4 Å². The monoisotopic (exact) mass is 370 g/mol. The number of methoxy groups -OCH3 is 1. The summed E-state index contributed by atoms with van der Waals surface area (Å²) in [5, 5.41) is 33.5. The Hall–Kier alpha value is -2.72. The first-order chi connectivity index (χ1) is 12.0. The normalized spacial score (nSPS) is 13.5. The number of aliphatic hydroxyl groups is 2. The summed E-state index contributed by atoms with van der Waals surface area (Å²) < 4.78 is 9.55. The smallest absolute Gasteiger partial charge is 0.407 e. The first-order valence-electron chi connectivity index (χ1n) is 7.66. The second-order valence-electron chi connectivity index (χ2n) is 6.42. The standard InChI is InChI=1S/C16H22N2O8/c1-16(2,3)26-15(22)17-8-12(19)13(20)10-6-5-9(18(23)24)7-11(10)14(21)25-4/h5-7,12-13,19-20H,8H2,1-4H3,(H,17,22). The van der Waals surface area contributed by atoms with Crippen LogP contribution in [-0.2, 0) is 9.47 Å². The van der Waals surface area contributed by atoms with Crippen LogP contribution in [0.5, 0.6) is 0 Å². The molecule has 0 bridgehead atoms. The summed E-state index contributed by atoms with van der Waals surface area (Å²) in [7, 11) is 1.08. The number of nitrogens with zero attached hydrogens (tertiary/aromatic N) is 1. The van der Waals surface area contributed by atoms with Crippen LogP contribution in [-0.4, -0.2) is 52.6 Å². The number of benzene rings is 1. The van der Waals surface area contributed by atoms with Gasteiger partial charge in [0.15, 0.2) is 0 Å². The summed E-state index contributed by atoms with van der Waals surface area (Å²) in [6.07, 6.45) is -3.88. The van der Waals surface area contributed by atoms with E-state index >= 15 is 0 Å². The van der Waals surface area contributed by atoms with Crippen LogP contribution in [0.3, 0.4) is 0 Å². The van der Waals surface area contributed by atoms with E-state index in [1.165, 1.54) is 0 Å². The molecule has 144 valence electrons. The number of aliphatic hydroxyl groups excluding tert-OH is 2. The molecule has 0 aliphatic rings. The molecule has 2 atom stereocenters. The number of carbonyl (C=O) groups is 2. The van der Waals surface area contributed by atoms with Gasteiger partial charge in [-0.15, -0.1) is 0 Å². The molecule has 0 fully saturated rings. The summed E-state index contributed by atoms with van der Waals surface area (Å²) >= 11 is 0. The van der Waals surface area contributed by atoms with Crippen molar-refractivity contribution < 1.29 is 34.2 Å². The quantitative estimate of drug-likeness (QED) is 0.385. The molecule has 0 spiro atoms. The lowest BCUT2D eigenvalue weighted by molar-refractivity contribution is -0.384. The van der Waals surface area contributed by atoms with Gasteiger partial charge in [0.25, 0.3) is 5.69 Å². The van der Waals surface area contributed by atoms with Crippen molar-refractivity contribution in [3.63, 3.8) is 0 Å². The molecule has 26 heavy (non-hydrogen) atoms. The highest BCUT2D eigenvalue weighted by Crippen LogP contribution is 2.26. The fourth-order valence-corrected chi connectivity index (χ4v) is 2.02. The average molecular weight is 370 g/mol. The third-order valence-corrected chi connectivity index (χ3v) is 3.19. The van der Waals surface area contributed by atoms with Crippen LogP contribution in [0.2, 0.25) is 0 Å². The van der Waals surface area contributed by atoms with Crippen LogP contribution < -0.4 is 5.32 Å². The van der Waals surface area contributed by atoms with E-state index in [0.717, 1.165) is 25.3 Å². The zero-order chi connectivity index (χ0) is 20.1. The van der Waals surface area contributed by atoms with Crippen LogP contribution in [0.1, 0.15) is 42.8 Å². The molecule has 10 nitrogen and oxygen atoms in total. The maximum atomic E-state index is 11.8. The largest absolute Gasteiger partial charge is 0.465 e. The van der Waals surface area contributed by atoms with Crippen LogP contribution in [0.15, 0.2) is 18.2 Å². The number of ether oxygens (including phenoxy) is 2. The average Bonchev–Trinajstić information content (AvgIpc) is 2.56. The molecule has 0 saturated carbocycles. The van der Waals surface area contributed by atoms with E-state index in [1.54, 1.807) is 20.8 Å². The number of nitro benzene ring substituents is 1. The molecule has 0 aromatic heterocycles. The molecule has 0 aliphatic heterocycles. The van der Waals surface area contributed by atoms with E-state index in [9.17, 15) is 29.9 Å². The maximum Gasteiger partial charge on any atom is 0.407 e. The highest BCUT2D eigenvalue weighted by Gasteiger charge is 2.27. The molecular formula is C16H22N2O8. The van der Waals surface area contributed by atoms with Crippen molar-refractivity contribution in [2.24, 2.45) is 0 Å². The van der Waals surface area contributed by atoms with Crippen molar-refractivity contribution >= 4 is 17.7 Å². The summed E-state index contributed by atoms with van der Waals surface area (Å²) in [6, 6.07) is 3.17. The van der Waals surface area contributed by atoms with Gasteiger partial charge in [-0.05, 0) is 32.4 Å². The van der Waals surface area contributed by atoms with Gasteiger partial charge in [-0.25, -0.2) is 9.59 Å². The third-order valence-electron chi connectivity index (χ3n) is 3.19. The molecule has 0 radical (unpaired) electrons. The van der Waals surface area contributed by atoms with E-state index in [2.05, 4.69) is 10.1 Å². The highest BCUT2D eigenvalue weighted by molar-refractivity contribution is 5.92. The Bertz CT molecular complexity index is 683. The Kier molecular flexibility index (Phi) is 7.04. The summed E-state index contributed by atoms with van der Waals surface area (Å²) in [5.41, 5.74) is -1.43. The number of rotatable bonds is 6. The molecule has 1 aromatic rings. The van der Waals surface area contributed by atoms with Gasteiger partial charge in [-0.3, -0.25) is 10.1 Å². The van der Waals surface area contributed by atoms with Crippen molar-refractivity contribution in [3.8, 4) is 0 Å². The third kappa shape index (κ3) is 5.97. The van der Waals surface area contributed by atoms with Crippen LogP contribution in [0.25, 0.3) is 0 Å². The predicted octanol–water partition coefficient (Wildman–Crippen LogP) is 1.30. The molecule has 3 N–H and O–H groups in total. The van der Waals surface area contributed by atoms with E-state index in [1.807, 2.05) is 0 Å². The second-order valence-corrected chi connectivity index (χ2v) is 6.42. The number of hydrogen-bond acceptors (Lipinski definition) is 8. The van der Waals surface area contributed by atoms with Crippen LogP contribution >= 0.6 is 0 Å². The minimum atomic E-state index is -1.60. The fourth-order valence-electron chi connectivity index (χ4n) is 2.02. The van der Waals surface area contributed by atoms with E-state index < -0.39 is 34.8 Å². The lowest BCUT2D eigenvalue weighted by Gasteiger charge is -2.23. The van der Waals surface area contributed by atoms with Gasteiger partial charge < -0.3 is 25.0 Å². The van der Waals surface area contributed by atoms with Crippen molar-refractivity contribution in [1.82, 2.24) is 5.32 Å². The highest BCUT2D eigenvalue weighted by atomic mass is 16.6. The molecule has 2 unspecified atom stereocenters. The Morgan fingerprint density at radius 1 is 1.31 bits per heavy atom. The lowest BCUT2D eigenvalue weighted by Crippen LogP contribution is -2.39. The number of nitro groups is 1. The number of esters is 1. The van der Waals surface area contributed by atoms with Crippen LogP contribution in [0, 0.1) is 10.1 Å². The minimum absolute atomic E-state index is 0.0686. The lowest BCUT2D eigenvalue weighted by atomic mass is 9.98. The minimum Gasteiger partial charge on any atom is -0.465 e. The van der Waals surface area contributed by atoms with Crippen molar-refractivity contribution in [3.05, 3.63) is 39.4 Å². The molecule has 1 rings (SSSR count).